The Morgan fingerprint density at radius 1 is 0.486 bits per heavy atom. The van der Waals surface area contributed by atoms with Gasteiger partial charge in [-0.25, -0.2) is 0 Å². The SMILES string of the molecule is CCCCCCCCCCCCCCCCCC[N+](C)(C)CCCCCCCC[Si]C(OC)OC. The van der Waals surface area contributed by atoms with Gasteiger partial charge in [0.05, 0.1) is 27.2 Å². The average Bonchev–Trinajstić information content (AvgIpc) is 2.85. The van der Waals surface area contributed by atoms with E-state index in [9.17, 15) is 0 Å². The van der Waals surface area contributed by atoms with Crippen molar-refractivity contribution in [2.24, 2.45) is 0 Å². The van der Waals surface area contributed by atoms with Crippen LogP contribution in [0.25, 0.3) is 0 Å². The summed E-state index contributed by atoms with van der Waals surface area (Å²) < 4.78 is 11.7. The van der Waals surface area contributed by atoms with E-state index in [2.05, 4.69) is 21.0 Å². The topological polar surface area (TPSA) is 18.5 Å². The molecule has 0 N–H and O–H groups in total. The Hall–Kier alpha value is 0.0969. The predicted molar refractivity (Wildman–Crippen MR) is 157 cm³/mol. The first-order chi connectivity index (χ1) is 17.1. The van der Waals surface area contributed by atoms with Crippen LogP contribution in [0.4, 0.5) is 0 Å². The third-order valence-electron chi connectivity index (χ3n) is 7.55. The van der Waals surface area contributed by atoms with Gasteiger partial charge in [0.15, 0.2) is 0 Å². The molecule has 0 aromatic rings. The van der Waals surface area contributed by atoms with E-state index in [0.717, 1.165) is 9.52 Å². The summed E-state index contributed by atoms with van der Waals surface area (Å²) >= 11 is 0. The van der Waals surface area contributed by atoms with Crippen molar-refractivity contribution < 1.29 is 14.0 Å². The highest BCUT2D eigenvalue weighted by Crippen LogP contribution is 2.15. The van der Waals surface area contributed by atoms with E-state index in [1.54, 1.807) is 14.2 Å². The molecular weight excluding hydrogens is 446 g/mol. The monoisotopic (exact) mass is 512 g/mol. The Balaban J connectivity index is 3.32. The van der Waals surface area contributed by atoms with Crippen LogP contribution in [0.3, 0.4) is 0 Å². The maximum atomic E-state index is 5.26. The number of rotatable bonds is 29. The summed E-state index contributed by atoms with van der Waals surface area (Å²) in [6.45, 7) is 5.01. The Kier molecular flexibility index (Phi) is 27.2. The van der Waals surface area contributed by atoms with Crippen LogP contribution in [0.15, 0.2) is 0 Å². The van der Waals surface area contributed by atoms with E-state index in [-0.39, 0.29) is 5.91 Å². The summed E-state index contributed by atoms with van der Waals surface area (Å²) in [5, 5.41) is 0. The standard InChI is InChI=1S/C31H66NO2Si/c1-6-7-8-9-10-11-12-13-14-15-16-17-18-19-22-25-28-32(2,3)29-26-23-20-21-24-27-30-35-31(33-4)34-5/h31H,6-30H2,1-5H3/q+1. The van der Waals surface area contributed by atoms with Gasteiger partial charge in [0.25, 0.3) is 0 Å². The van der Waals surface area contributed by atoms with Gasteiger partial charge in [-0.2, -0.15) is 0 Å². The fraction of sp³-hybridized carbons (Fsp3) is 1.00. The summed E-state index contributed by atoms with van der Waals surface area (Å²) in [6, 6.07) is 1.25. The van der Waals surface area contributed by atoms with E-state index in [1.807, 2.05) is 0 Å². The van der Waals surface area contributed by atoms with E-state index in [1.165, 1.54) is 165 Å². The third-order valence-corrected chi connectivity index (χ3v) is 8.99. The average molecular weight is 513 g/mol. The highest BCUT2D eigenvalue weighted by atomic mass is 28.2. The highest BCUT2D eigenvalue weighted by molar-refractivity contribution is 6.36. The Morgan fingerprint density at radius 3 is 1.14 bits per heavy atom. The molecule has 0 saturated carbocycles. The first kappa shape index (κ1) is 35.1. The fourth-order valence-corrected chi connectivity index (χ4v) is 6.08. The lowest BCUT2D eigenvalue weighted by Gasteiger charge is -2.30. The lowest BCUT2D eigenvalue weighted by Crippen LogP contribution is -2.41. The van der Waals surface area contributed by atoms with Crippen LogP contribution in [0.5, 0.6) is 0 Å². The van der Waals surface area contributed by atoms with Gasteiger partial charge in [-0.3, -0.25) is 0 Å². The van der Waals surface area contributed by atoms with E-state index in [0.29, 0.717) is 0 Å². The van der Waals surface area contributed by atoms with Gasteiger partial charge in [-0.05, 0) is 25.7 Å². The van der Waals surface area contributed by atoms with Crippen LogP contribution in [0.2, 0.25) is 6.04 Å². The first-order valence-electron chi connectivity index (χ1n) is 15.7. The van der Waals surface area contributed by atoms with Gasteiger partial charge in [0, 0.05) is 14.2 Å². The smallest absolute Gasteiger partial charge is 0.136 e. The van der Waals surface area contributed by atoms with Crippen molar-refractivity contribution in [2.45, 2.75) is 160 Å². The second kappa shape index (κ2) is 27.1. The van der Waals surface area contributed by atoms with Gasteiger partial charge in [0.2, 0.25) is 0 Å². The molecule has 3 nitrogen and oxygen atoms in total. The largest absolute Gasteiger partial charge is 0.360 e. The van der Waals surface area contributed by atoms with Gasteiger partial charge in [0.1, 0.15) is 15.4 Å². The maximum absolute atomic E-state index is 5.26. The number of ether oxygens (including phenoxy) is 2. The minimum atomic E-state index is 0.0179. The lowest BCUT2D eigenvalue weighted by molar-refractivity contribution is -0.890. The number of hydrogen-bond acceptors (Lipinski definition) is 2. The molecule has 0 spiro atoms. The number of methoxy groups -OCH3 is 2. The number of hydrogen-bond donors (Lipinski definition) is 0. The van der Waals surface area contributed by atoms with Crippen molar-refractivity contribution >= 4 is 9.52 Å². The lowest BCUT2D eigenvalue weighted by atomic mass is 10.0. The number of nitrogens with zero attached hydrogens (tertiary/aromatic N) is 1. The Labute approximate surface area is 224 Å². The van der Waals surface area contributed by atoms with Crippen LogP contribution >= 0.6 is 0 Å². The molecule has 0 bridgehead atoms. The minimum absolute atomic E-state index is 0.0179. The molecule has 35 heavy (non-hydrogen) atoms. The summed E-state index contributed by atoms with van der Waals surface area (Å²) in [6.07, 6.45) is 31.6. The molecule has 0 aliphatic carbocycles. The molecule has 210 valence electrons. The molecule has 0 aromatic carbocycles. The van der Waals surface area contributed by atoms with Crippen molar-refractivity contribution in [3.05, 3.63) is 0 Å². The first-order valence-corrected chi connectivity index (χ1v) is 16.9. The molecular formula is C31H66NO2Si+. The van der Waals surface area contributed by atoms with Crippen LogP contribution < -0.4 is 0 Å². The molecule has 0 atom stereocenters. The predicted octanol–water partition coefficient (Wildman–Crippen LogP) is 9.36. The van der Waals surface area contributed by atoms with Crippen LogP contribution in [0, 0.1) is 0 Å². The van der Waals surface area contributed by atoms with Crippen LogP contribution in [-0.4, -0.2) is 61.3 Å². The maximum Gasteiger partial charge on any atom is 0.136 e. The quantitative estimate of drug-likeness (QED) is 0.0430. The summed E-state index contributed by atoms with van der Waals surface area (Å²) in [7, 11) is 9.13. The second-order valence-electron chi connectivity index (χ2n) is 11.6. The van der Waals surface area contributed by atoms with Gasteiger partial charge in [-0.1, -0.05) is 129 Å². The van der Waals surface area contributed by atoms with Gasteiger partial charge < -0.3 is 14.0 Å². The third kappa shape index (κ3) is 27.0. The highest BCUT2D eigenvalue weighted by Gasteiger charge is 2.13. The number of quaternary nitrogens is 1. The molecule has 4 heteroatoms. The molecule has 0 unspecified atom stereocenters. The molecule has 0 heterocycles. The zero-order valence-corrected chi connectivity index (χ0v) is 26.0. The van der Waals surface area contributed by atoms with E-state index < -0.39 is 0 Å². The van der Waals surface area contributed by atoms with Gasteiger partial charge in [-0.15, -0.1) is 0 Å². The molecule has 0 rings (SSSR count). The zero-order valence-electron chi connectivity index (χ0n) is 25.0. The van der Waals surface area contributed by atoms with Crippen LogP contribution in [0.1, 0.15) is 148 Å². The normalized spacial score (nSPS) is 12.2. The molecule has 2 radical (unpaired) electrons. The van der Waals surface area contributed by atoms with Gasteiger partial charge >= 0.3 is 0 Å². The Bertz CT molecular complexity index is 401. The van der Waals surface area contributed by atoms with Crippen molar-refractivity contribution in [3.63, 3.8) is 0 Å². The molecule has 0 amide bonds. The second-order valence-corrected chi connectivity index (χ2v) is 12.9. The fourth-order valence-electron chi connectivity index (χ4n) is 5.05. The molecule has 0 aliphatic rings. The zero-order chi connectivity index (χ0) is 25.9. The molecule has 0 aromatic heterocycles. The van der Waals surface area contributed by atoms with E-state index in [4.69, 9.17) is 9.47 Å². The minimum Gasteiger partial charge on any atom is -0.360 e. The summed E-state index contributed by atoms with van der Waals surface area (Å²) in [5.74, 6) is 0.0179. The van der Waals surface area contributed by atoms with Crippen molar-refractivity contribution in [1.82, 2.24) is 0 Å². The van der Waals surface area contributed by atoms with Crippen LogP contribution in [-0.2, 0) is 9.47 Å². The molecule has 0 saturated heterocycles. The van der Waals surface area contributed by atoms with E-state index >= 15 is 0 Å². The number of unbranched alkanes of at least 4 members (excludes halogenated alkanes) is 20. The summed E-state index contributed by atoms with van der Waals surface area (Å²) in [5.41, 5.74) is 0. The summed E-state index contributed by atoms with van der Waals surface area (Å²) in [4.78, 5) is 0. The molecule has 0 aliphatic heterocycles. The van der Waals surface area contributed by atoms with Crippen molar-refractivity contribution in [2.75, 3.05) is 41.4 Å². The van der Waals surface area contributed by atoms with Crippen molar-refractivity contribution in [1.29, 1.82) is 0 Å². The van der Waals surface area contributed by atoms with Crippen molar-refractivity contribution in [3.8, 4) is 0 Å². The molecule has 0 fully saturated rings. The Morgan fingerprint density at radius 2 is 0.800 bits per heavy atom.